The van der Waals surface area contributed by atoms with Gasteiger partial charge in [-0.05, 0) is 6.07 Å². The lowest BCUT2D eigenvalue weighted by Gasteiger charge is -2.01. The monoisotopic (exact) mass is 251 g/mol. The van der Waals surface area contributed by atoms with E-state index < -0.39 is 0 Å². The molecule has 0 fully saturated rings. The molecule has 0 amide bonds. The van der Waals surface area contributed by atoms with E-state index >= 15 is 0 Å². The zero-order chi connectivity index (χ0) is 11.5. The number of benzene rings is 1. The van der Waals surface area contributed by atoms with Crippen LogP contribution >= 0.6 is 23.2 Å². The second kappa shape index (κ2) is 4.64. The first-order valence-electron chi connectivity index (χ1n) is 4.59. The van der Waals surface area contributed by atoms with Gasteiger partial charge in [-0.3, -0.25) is 4.79 Å². The van der Waals surface area contributed by atoms with Crippen molar-refractivity contribution < 1.29 is 4.79 Å². The maximum atomic E-state index is 12.0. The van der Waals surface area contributed by atoms with E-state index in [2.05, 4.69) is 4.98 Å². The minimum atomic E-state index is -0.119. The smallest absolute Gasteiger partial charge is 0.194 e. The van der Waals surface area contributed by atoms with Crippen LogP contribution in [0.5, 0.6) is 0 Å². The molecule has 1 heterocycles. The SMILES string of the molecule is O=C(c1ccccc1)c1cnc(Cl)c(Cl)c1. The second-order valence-electron chi connectivity index (χ2n) is 3.19. The summed E-state index contributed by atoms with van der Waals surface area (Å²) in [4.78, 5) is 15.8. The van der Waals surface area contributed by atoms with Gasteiger partial charge in [-0.25, -0.2) is 4.98 Å². The normalized spacial score (nSPS) is 10.1. The van der Waals surface area contributed by atoms with E-state index in [0.717, 1.165) is 0 Å². The quantitative estimate of drug-likeness (QED) is 0.603. The molecule has 0 bridgehead atoms. The Morgan fingerprint density at radius 2 is 1.75 bits per heavy atom. The molecule has 1 aromatic carbocycles. The van der Waals surface area contributed by atoms with E-state index in [1.54, 1.807) is 24.3 Å². The Balaban J connectivity index is 2.39. The van der Waals surface area contributed by atoms with E-state index in [1.165, 1.54) is 12.3 Å². The highest BCUT2D eigenvalue weighted by atomic mass is 35.5. The van der Waals surface area contributed by atoms with E-state index in [0.29, 0.717) is 11.1 Å². The fraction of sp³-hybridized carbons (Fsp3) is 0. The van der Waals surface area contributed by atoms with Crippen LogP contribution in [0.25, 0.3) is 0 Å². The maximum Gasteiger partial charge on any atom is 0.194 e. The number of nitrogens with zero attached hydrogens (tertiary/aromatic N) is 1. The summed E-state index contributed by atoms with van der Waals surface area (Å²) in [7, 11) is 0. The lowest BCUT2D eigenvalue weighted by molar-refractivity contribution is 0.103. The Morgan fingerprint density at radius 3 is 2.38 bits per heavy atom. The molecule has 80 valence electrons. The van der Waals surface area contributed by atoms with Crippen LogP contribution < -0.4 is 0 Å². The third-order valence-corrected chi connectivity index (χ3v) is 2.78. The summed E-state index contributed by atoms with van der Waals surface area (Å²) in [5.74, 6) is -0.119. The molecule has 0 atom stereocenters. The van der Waals surface area contributed by atoms with Gasteiger partial charge in [0.15, 0.2) is 5.78 Å². The van der Waals surface area contributed by atoms with E-state index in [1.807, 2.05) is 6.07 Å². The Bertz CT molecular complexity index is 526. The Kier molecular flexibility index (Phi) is 3.22. The number of carbonyl (C=O) groups excluding carboxylic acids is 1. The van der Waals surface area contributed by atoms with Crippen molar-refractivity contribution in [2.75, 3.05) is 0 Å². The molecule has 16 heavy (non-hydrogen) atoms. The van der Waals surface area contributed by atoms with E-state index in [-0.39, 0.29) is 16.0 Å². The van der Waals surface area contributed by atoms with Gasteiger partial charge in [-0.2, -0.15) is 0 Å². The predicted molar refractivity (Wildman–Crippen MR) is 64.1 cm³/mol. The van der Waals surface area contributed by atoms with Crippen LogP contribution in [0.4, 0.5) is 0 Å². The molecule has 0 N–H and O–H groups in total. The van der Waals surface area contributed by atoms with Crippen LogP contribution in [0.1, 0.15) is 15.9 Å². The number of carbonyl (C=O) groups is 1. The van der Waals surface area contributed by atoms with E-state index in [4.69, 9.17) is 23.2 Å². The zero-order valence-electron chi connectivity index (χ0n) is 8.15. The van der Waals surface area contributed by atoms with Crippen molar-refractivity contribution in [3.63, 3.8) is 0 Å². The van der Waals surface area contributed by atoms with Gasteiger partial charge in [-0.1, -0.05) is 53.5 Å². The average molecular weight is 252 g/mol. The highest BCUT2D eigenvalue weighted by Crippen LogP contribution is 2.21. The number of halogens is 2. The van der Waals surface area contributed by atoms with Gasteiger partial charge >= 0.3 is 0 Å². The van der Waals surface area contributed by atoms with Crippen molar-refractivity contribution in [1.29, 1.82) is 0 Å². The van der Waals surface area contributed by atoms with Crippen molar-refractivity contribution >= 4 is 29.0 Å². The summed E-state index contributed by atoms with van der Waals surface area (Å²) in [5.41, 5.74) is 1.03. The third kappa shape index (κ3) is 2.23. The second-order valence-corrected chi connectivity index (χ2v) is 3.96. The fourth-order valence-corrected chi connectivity index (χ4v) is 1.57. The summed E-state index contributed by atoms with van der Waals surface area (Å²) < 4.78 is 0. The summed E-state index contributed by atoms with van der Waals surface area (Å²) in [5, 5.41) is 0.481. The Morgan fingerprint density at radius 1 is 1.06 bits per heavy atom. The van der Waals surface area contributed by atoms with Gasteiger partial charge in [0, 0.05) is 17.3 Å². The van der Waals surface area contributed by atoms with Gasteiger partial charge in [0.05, 0.1) is 5.02 Å². The van der Waals surface area contributed by atoms with Crippen molar-refractivity contribution in [3.05, 3.63) is 63.9 Å². The Labute approximate surface area is 103 Å². The van der Waals surface area contributed by atoms with Gasteiger partial charge in [0.1, 0.15) is 5.15 Å². The summed E-state index contributed by atoms with van der Waals surface area (Å²) in [6.45, 7) is 0. The minimum absolute atomic E-state index is 0.119. The molecule has 0 saturated carbocycles. The van der Waals surface area contributed by atoms with Crippen LogP contribution in [0.3, 0.4) is 0 Å². The summed E-state index contributed by atoms with van der Waals surface area (Å²) in [6.07, 6.45) is 1.42. The molecule has 4 heteroatoms. The number of hydrogen-bond acceptors (Lipinski definition) is 2. The van der Waals surface area contributed by atoms with Crippen LogP contribution in [0.15, 0.2) is 42.6 Å². The summed E-state index contributed by atoms with van der Waals surface area (Å²) >= 11 is 11.5. The van der Waals surface area contributed by atoms with Gasteiger partial charge in [0.25, 0.3) is 0 Å². The number of hydrogen-bond donors (Lipinski definition) is 0. The highest BCUT2D eigenvalue weighted by molar-refractivity contribution is 6.41. The largest absolute Gasteiger partial charge is 0.289 e. The molecular weight excluding hydrogens is 245 g/mol. The molecule has 2 rings (SSSR count). The number of rotatable bonds is 2. The zero-order valence-corrected chi connectivity index (χ0v) is 9.66. The fourth-order valence-electron chi connectivity index (χ4n) is 1.30. The minimum Gasteiger partial charge on any atom is -0.289 e. The molecule has 2 aromatic rings. The average Bonchev–Trinajstić information content (AvgIpc) is 2.33. The highest BCUT2D eigenvalue weighted by Gasteiger charge is 2.10. The van der Waals surface area contributed by atoms with Crippen LogP contribution in [-0.2, 0) is 0 Å². The Hall–Kier alpha value is -1.38. The molecule has 0 aliphatic carbocycles. The lowest BCUT2D eigenvalue weighted by atomic mass is 10.1. The lowest BCUT2D eigenvalue weighted by Crippen LogP contribution is -2.01. The summed E-state index contributed by atoms with van der Waals surface area (Å²) in [6, 6.07) is 10.5. The van der Waals surface area contributed by atoms with Crippen molar-refractivity contribution in [2.45, 2.75) is 0 Å². The number of aromatic nitrogens is 1. The molecule has 0 aliphatic heterocycles. The first-order chi connectivity index (χ1) is 7.68. The first-order valence-corrected chi connectivity index (χ1v) is 5.35. The van der Waals surface area contributed by atoms with Gasteiger partial charge in [0.2, 0.25) is 0 Å². The van der Waals surface area contributed by atoms with Crippen LogP contribution in [-0.4, -0.2) is 10.8 Å². The van der Waals surface area contributed by atoms with Crippen molar-refractivity contribution in [3.8, 4) is 0 Å². The van der Waals surface area contributed by atoms with Gasteiger partial charge in [-0.15, -0.1) is 0 Å². The molecule has 0 aliphatic rings. The standard InChI is InChI=1S/C12H7Cl2NO/c13-10-6-9(7-15-12(10)14)11(16)8-4-2-1-3-5-8/h1-7H. The van der Waals surface area contributed by atoms with Gasteiger partial charge < -0.3 is 0 Å². The van der Waals surface area contributed by atoms with Crippen LogP contribution in [0.2, 0.25) is 10.2 Å². The number of pyridine rings is 1. The third-order valence-electron chi connectivity index (χ3n) is 2.09. The predicted octanol–water partition coefficient (Wildman–Crippen LogP) is 3.62. The maximum absolute atomic E-state index is 12.0. The van der Waals surface area contributed by atoms with Crippen molar-refractivity contribution in [2.24, 2.45) is 0 Å². The molecule has 0 unspecified atom stereocenters. The molecule has 2 nitrogen and oxygen atoms in total. The first kappa shape index (κ1) is 11.1. The molecule has 0 saturated heterocycles. The number of ketones is 1. The van der Waals surface area contributed by atoms with Crippen molar-refractivity contribution in [1.82, 2.24) is 4.98 Å². The molecule has 0 spiro atoms. The molecule has 1 aromatic heterocycles. The molecular formula is C12H7Cl2NO. The van der Waals surface area contributed by atoms with E-state index in [9.17, 15) is 4.79 Å². The topological polar surface area (TPSA) is 30.0 Å². The van der Waals surface area contributed by atoms with Crippen LogP contribution in [0, 0.1) is 0 Å². The molecule has 0 radical (unpaired) electrons.